The number of piperazine rings is 1. The highest BCUT2D eigenvalue weighted by molar-refractivity contribution is 5.03. The minimum atomic E-state index is 0.493. The highest BCUT2D eigenvalue weighted by atomic mass is 15.1. The third kappa shape index (κ3) is 1.38. The molecule has 1 saturated carbocycles. The smallest absolute Gasteiger partial charge is 0.0309 e. The van der Waals surface area contributed by atoms with Crippen LogP contribution in [0.25, 0.3) is 0 Å². The quantitative estimate of drug-likeness (QED) is 0.613. The Hall–Kier alpha value is -0.0800. The molecule has 0 aromatic heterocycles. The van der Waals surface area contributed by atoms with Crippen LogP contribution in [0.2, 0.25) is 0 Å². The second-order valence-corrected chi connectivity index (χ2v) is 4.76. The topological polar surface area (TPSA) is 24.1 Å². The molecular weight excluding hydrogens is 148 g/mol. The number of nitrogens with one attached hydrogen (secondary N) is 2. The van der Waals surface area contributed by atoms with E-state index in [0.29, 0.717) is 11.6 Å². The lowest BCUT2D eigenvalue weighted by Crippen LogP contribution is -2.67. The second-order valence-electron chi connectivity index (χ2n) is 4.76. The van der Waals surface area contributed by atoms with Crippen molar-refractivity contribution in [3.63, 3.8) is 0 Å². The van der Waals surface area contributed by atoms with Gasteiger partial charge in [0.2, 0.25) is 0 Å². The Morgan fingerprint density at radius 2 is 2.08 bits per heavy atom. The van der Waals surface area contributed by atoms with E-state index in [0.717, 1.165) is 12.5 Å². The first-order chi connectivity index (χ1) is 5.72. The molecule has 1 aliphatic carbocycles. The molecule has 2 fully saturated rings. The van der Waals surface area contributed by atoms with Crippen molar-refractivity contribution in [2.75, 3.05) is 13.1 Å². The lowest BCUT2D eigenvalue weighted by molar-refractivity contribution is 0.112. The Kier molecular flexibility index (Phi) is 2.13. The zero-order valence-corrected chi connectivity index (χ0v) is 8.19. The van der Waals surface area contributed by atoms with E-state index in [-0.39, 0.29) is 0 Å². The maximum atomic E-state index is 3.80. The van der Waals surface area contributed by atoms with Crippen LogP contribution in [0.4, 0.5) is 0 Å². The van der Waals surface area contributed by atoms with Crippen LogP contribution in [-0.2, 0) is 0 Å². The normalized spacial score (nSPS) is 33.8. The summed E-state index contributed by atoms with van der Waals surface area (Å²) in [5.41, 5.74) is 0.493. The van der Waals surface area contributed by atoms with Crippen molar-refractivity contribution in [1.82, 2.24) is 10.6 Å². The van der Waals surface area contributed by atoms with Crippen LogP contribution in [0, 0.1) is 5.92 Å². The van der Waals surface area contributed by atoms with Gasteiger partial charge in [-0.1, -0.05) is 13.8 Å². The summed E-state index contributed by atoms with van der Waals surface area (Å²) in [6, 6.07) is 0.694. The molecule has 2 N–H and O–H groups in total. The molecule has 1 unspecified atom stereocenters. The van der Waals surface area contributed by atoms with E-state index in [1.807, 2.05) is 0 Å². The zero-order valence-electron chi connectivity index (χ0n) is 8.19. The lowest BCUT2D eigenvalue weighted by atomic mass is 9.74. The highest BCUT2D eigenvalue weighted by Crippen LogP contribution is 2.33. The van der Waals surface area contributed by atoms with E-state index in [2.05, 4.69) is 24.5 Å². The molecule has 0 bridgehead atoms. The summed E-state index contributed by atoms with van der Waals surface area (Å²) >= 11 is 0. The predicted octanol–water partition coefficient (Wildman–Crippen LogP) is 1.13. The first kappa shape index (κ1) is 8.52. The maximum Gasteiger partial charge on any atom is 0.0309 e. The van der Waals surface area contributed by atoms with E-state index in [1.165, 1.54) is 25.8 Å². The van der Waals surface area contributed by atoms with Crippen molar-refractivity contribution in [2.24, 2.45) is 5.92 Å². The predicted molar refractivity (Wildman–Crippen MR) is 51.2 cm³/mol. The molecule has 0 amide bonds. The Morgan fingerprint density at radius 3 is 2.58 bits per heavy atom. The second kappa shape index (κ2) is 3.00. The van der Waals surface area contributed by atoms with Crippen molar-refractivity contribution in [2.45, 2.75) is 44.7 Å². The van der Waals surface area contributed by atoms with Crippen LogP contribution in [0.15, 0.2) is 0 Å². The first-order valence-electron chi connectivity index (χ1n) is 5.20. The van der Waals surface area contributed by atoms with Crippen LogP contribution < -0.4 is 10.6 Å². The standard InChI is InChI=1S/C10H20N2/c1-8(2)9-6-11-7-10(12-9)4-3-5-10/h8-9,11-12H,3-7H2,1-2H3. The molecule has 1 aliphatic heterocycles. The fourth-order valence-electron chi connectivity index (χ4n) is 2.29. The summed E-state index contributed by atoms with van der Waals surface area (Å²) in [4.78, 5) is 0. The monoisotopic (exact) mass is 168 g/mol. The van der Waals surface area contributed by atoms with Crippen molar-refractivity contribution >= 4 is 0 Å². The number of hydrogen-bond donors (Lipinski definition) is 2. The number of rotatable bonds is 1. The molecule has 1 saturated heterocycles. The molecule has 2 aliphatic rings. The Morgan fingerprint density at radius 1 is 1.33 bits per heavy atom. The Balaban J connectivity index is 1.94. The van der Waals surface area contributed by atoms with Crippen LogP contribution in [0.3, 0.4) is 0 Å². The van der Waals surface area contributed by atoms with Gasteiger partial charge in [0.25, 0.3) is 0 Å². The summed E-state index contributed by atoms with van der Waals surface area (Å²) in [6.45, 7) is 6.95. The molecule has 2 nitrogen and oxygen atoms in total. The molecule has 12 heavy (non-hydrogen) atoms. The SMILES string of the molecule is CC(C)C1CNCC2(CCC2)N1. The Labute approximate surface area is 75.1 Å². The third-order valence-electron chi connectivity index (χ3n) is 3.43. The molecule has 0 aromatic carbocycles. The molecule has 1 spiro atoms. The van der Waals surface area contributed by atoms with Gasteiger partial charge in [-0.3, -0.25) is 0 Å². The fourth-order valence-corrected chi connectivity index (χ4v) is 2.29. The van der Waals surface area contributed by atoms with E-state index in [9.17, 15) is 0 Å². The molecule has 70 valence electrons. The lowest BCUT2D eigenvalue weighted by Gasteiger charge is -2.50. The van der Waals surface area contributed by atoms with Crippen LogP contribution >= 0.6 is 0 Å². The van der Waals surface area contributed by atoms with E-state index in [4.69, 9.17) is 0 Å². The molecule has 0 radical (unpaired) electrons. The summed E-state index contributed by atoms with van der Waals surface area (Å²) in [7, 11) is 0. The molecule has 2 heteroatoms. The summed E-state index contributed by atoms with van der Waals surface area (Å²) in [5, 5.41) is 7.35. The molecule has 1 atom stereocenters. The fraction of sp³-hybridized carbons (Fsp3) is 1.00. The first-order valence-corrected chi connectivity index (χ1v) is 5.20. The van der Waals surface area contributed by atoms with Crippen molar-refractivity contribution in [3.05, 3.63) is 0 Å². The van der Waals surface area contributed by atoms with Gasteiger partial charge in [0, 0.05) is 24.7 Å². The van der Waals surface area contributed by atoms with Gasteiger partial charge in [-0.2, -0.15) is 0 Å². The van der Waals surface area contributed by atoms with Crippen LogP contribution in [0.5, 0.6) is 0 Å². The van der Waals surface area contributed by atoms with Crippen LogP contribution in [-0.4, -0.2) is 24.7 Å². The van der Waals surface area contributed by atoms with Crippen LogP contribution in [0.1, 0.15) is 33.1 Å². The largest absolute Gasteiger partial charge is 0.313 e. The van der Waals surface area contributed by atoms with Gasteiger partial charge in [0.1, 0.15) is 0 Å². The van der Waals surface area contributed by atoms with Crippen molar-refractivity contribution < 1.29 is 0 Å². The highest BCUT2D eigenvalue weighted by Gasteiger charge is 2.40. The zero-order chi connectivity index (χ0) is 8.60. The summed E-state index contributed by atoms with van der Waals surface area (Å²) in [6.07, 6.45) is 4.17. The van der Waals surface area contributed by atoms with Gasteiger partial charge in [-0.25, -0.2) is 0 Å². The molecule has 0 aromatic rings. The Bertz CT molecular complexity index is 161. The summed E-state index contributed by atoms with van der Waals surface area (Å²) < 4.78 is 0. The third-order valence-corrected chi connectivity index (χ3v) is 3.43. The van der Waals surface area contributed by atoms with Gasteiger partial charge >= 0.3 is 0 Å². The van der Waals surface area contributed by atoms with E-state index in [1.54, 1.807) is 0 Å². The van der Waals surface area contributed by atoms with Gasteiger partial charge in [0.05, 0.1) is 0 Å². The molecule has 2 rings (SSSR count). The maximum absolute atomic E-state index is 3.80. The molecule has 1 heterocycles. The van der Waals surface area contributed by atoms with Gasteiger partial charge in [-0.15, -0.1) is 0 Å². The van der Waals surface area contributed by atoms with E-state index < -0.39 is 0 Å². The molecular formula is C10H20N2. The van der Waals surface area contributed by atoms with Gasteiger partial charge in [-0.05, 0) is 25.2 Å². The average molecular weight is 168 g/mol. The number of hydrogen-bond acceptors (Lipinski definition) is 2. The van der Waals surface area contributed by atoms with Gasteiger partial charge < -0.3 is 10.6 Å². The minimum absolute atomic E-state index is 0.493. The van der Waals surface area contributed by atoms with Crippen molar-refractivity contribution in [1.29, 1.82) is 0 Å². The average Bonchev–Trinajstić information content (AvgIpc) is 2.02. The summed E-state index contributed by atoms with van der Waals surface area (Å²) in [5.74, 6) is 0.760. The minimum Gasteiger partial charge on any atom is -0.313 e. The van der Waals surface area contributed by atoms with Gasteiger partial charge in [0.15, 0.2) is 0 Å². The van der Waals surface area contributed by atoms with E-state index >= 15 is 0 Å². The van der Waals surface area contributed by atoms with Crippen molar-refractivity contribution in [3.8, 4) is 0 Å².